The molecule has 242 valence electrons. The summed E-state index contributed by atoms with van der Waals surface area (Å²) in [5.41, 5.74) is -0.687. The zero-order chi connectivity index (χ0) is 32.8. The number of benzene rings is 1. The first kappa shape index (κ1) is 33.8. The van der Waals surface area contributed by atoms with Crippen LogP contribution in [0, 0.1) is 0 Å². The number of alkyl halides is 3. The van der Waals surface area contributed by atoms with Crippen molar-refractivity contribution in [3.05, 3.63) is 70.8 Å². The standard InChI is InChI=1S/C26H27ClF3N7O7S/c27-20-2-1-18(13-19(20)26(28,29)30)45(42,43)34-22(25(40)41)12-17-14-37(35-33-17)15-23(38)32-21(11-16-3-5-31-6-4-16)24(39)36-7-9-44-10-8-36/h1-6,13-14,21-22,34H,7-12,15H2,(H,32,38)(H,40,41)/t21-,22-/m0/s1. The van der Waals surface area contributed by atoms with Crippen LogP contribution >= 0.6 is 11.6 Å². The van der Waals surface area contributed by atoms with Crippen molar-refractivity contribution in [2.24, 2.45) is 0 Å². The highest BCUT2D eigenvalue weighted by atomic mass is 35.5. The maximum atomic E-state index is 13.2. The number of nitrogens with one attached hydrogen (secondary N) is 2. The average Bonchev–Trinajstić information content (AvgIpc) is 3.42. The van der Waals surface area contributed by atoms with Gasteiger partial charge in [0.25, 0.3) is 0 Å². The predicted octanol–water partition coefficient (Wildman–Crippen LogP) is 0.906. The number of hydrogen-bond donors (Lipinski definition) is 3. The van der Waals surface area contributed by atoms with E-state index >= 15 is 0 Å². The van der Waals surface area contributed by atoms with Crippen LogP contribution in [0.4, 0.5) is 13.2 Å². The Morgan fingerprint density at radius 1 is 1.07 bits per heavy atom. The Balaban J connectivity index is 1.42. The van der Waals surface area contributed by atoms with E-state index in [4.69, 9.17) is 16.3 Å². The number of carboxylic acids is 1. The number of hydrogen-bond acceptors (Lipinski definition) is 9. The van der Waals surface area contributed by atoms with Crippen LogP contribution in [0.15, 0.2) is 53.8 Å². The largest absolute Gasteiger partial charge is 0.480 e. The van der Waals surface area contributed by atoms with Crippen LogP contribution in [0.3, 0.4) is 0 Å². The fraction of sp³-hybridized carbons (Fsp3) is 0.385. The van der Waals surface area contributed by atoms with Gasteiger partial charge in [-0.05, 0) is 35.9 Å². The lowest BCUT2D eigenvalue weighted by atomic mass is 10.1. The van der Waals surface area contributed by atoms with E-state index in [1.807, 2.05) is 4.72 Å². The molecule has 1 saturated heterocycles. The number of rotatable bonds is 12. The molecule has 0 bridgehead atoms. The fourth-order valence-corrected chi connectivity index (χ4v) is 5.83. The smallest absolute Gasteiger partial charge is 0.417 e. The number of carbonyl (C=O) groups excluding carboxylic acids is 2. The maximum Gasteiger partial charge on any atom is 0.417 e. The van der Waals surface area contributed by atoms with Crippen molar-refractivity contribution in [3.63, 3.8) is 0 Å². The lowest BCUT2D eigenvalue weighted by molar-refractivity contribution is -0.140. The van der Waals surface area contributed by atoms with Gasteiger partial charge in [-0.2, -0.15) is 17.9 Å². The first-order chi connectivity index (χ1) is 21.2. The Hall–Kier alpha value is -4.13. The molecule has 45 heavy (non-hydrogen) atoms. The van der Waals surface area contributed by atoms with Gasteiger partial charge in [-0.1, -0.05) is 16.8 Å². The fourth-order valence-electron chi connectivity index (χ4n) is 4.39. The van der Waals surface area contributed by atoms with Crippen LogP contribution in [0.1, 0.15) is 16.8 Å². The van der Waals surface area contributed by atoms with E-state index in [0.29, 0.717) is 32.4 Å². The second kappa shape index (κ2) is 14.3. The molecule has 2 amide bonds. The van der Waals surface area contributed by atoms with Gasteiger partial charge in [0.1, 0.15) is 18.6 Å². The van der Waals surface area contributed by atoms with Gasteiger partial charge in [-0.25, -0.2) is 13.1 Å². The minimum Gasteiger partial charge on any atom is -0.480 e. The summed E-state index contributed by atoms with van der Waals surface area (Å²) in [6.45, 7) is 1.05. The van der Waals surface area contributed by atoms with Crippen molar-refractivity contribution in [2.75, 3.05) is 26.3 Å². The Morgan fingerprint density at radius 3 is 2.40 bits per heavy atom. The number of morpholine rings is 1. The molecule has 3 heterocycles. The van der Waals surface area contributed by atoms with Crippen molar-refractivity contribution in [3.8, 4) is 0 Å². The average molecular weight is 674 g/mol. The van der Waals surface area contributed by atoms with Gasteiger partial charge < -0.3 is 20.1 Å². The normalized spacial score (nSPS) is 15.3. The third-order valence-electron chi connectivity index (χ3n) is 6.60. The van der Waals surface area contributed by atoms with Crippen LogP contribution in [-0.2, 0) is 54.7 Å². The molecular weight excluding hydrogens is 647 g/mol. The number of halogens is 4. The topological polar surface area (TPSA) is 186 Å². The molecule has 0 unspecified atom stereocenters. The van der Waals surface area contributed by atoms with E-state index in [9.17, 15) is 41.1 Å². The van der Waals surface area contributed by atoms with Crippen molar-refractivity contribution in [1.29, 1.82) is 0 Å². The molecule has 4 rings (SSSR count). The molecule has 3 aromatic rings. The highest BCUT2D eigenvalue weighted by molar-refractivity contribution is 7.89. The molecule has 0 aliphatic carbocycles. The molecular formula is C26H27ClF3N7O7S. The highest BCUT2D eigenvalue weighted by Gasteiger charge is 2.35. The number of ether oxygens (including phenoxy) is 1. The zero-order valence-electron chi connectivity index (χ0n) is 23.3. The summed E-state index contributed by atoms with van der Waals surface area (Å²) in [5.74, 6) is -2.55. The van der Waals surface area contributed by atoms with E-state index < -0.39 is 68.6 Å². The summed E-state index contributed by atoms with van der Waals surface area (Å²) in [5, 5.41) is 19.1. The van der Waals surface area contributed by atoms with Gasteiger partial charge >= 0.3 is 12.1 Å². The summed E-state index contributed by atoms with van der Waals surface area (Å²) in [6.07, 6.45) is -1.00. The predicted molar refractivity (Wildman–Crippen MR) is 149 cm³/mol. The summed E-state index contributed by atoms with van der Waals surface area (Å²) < 4.78 is 73.4. The minimum absolute atomic E-state index is 0.0392. The number of carbonyl (C=O) groups is 3. The molecule has 1 aromatic carbocycles. The van der Waals surface area contributed by atoms with Crippen LogP contribution in [0.2, 0.25) is 5.02 Å². The van der Waals surface area contributed by atoms with Gasteiger partial charge in [0.15, 0.2) is 0 Å². The Bertz CT molecular complexity index is 1630. The van der Waals surface area contributed by atoms with Crippen LogP contribution in [0.5, 0.6) is 0 Å². The van der Waals surface area contributed by atoms with Crippen LogP contribution in [0.25, 0.3) is 0 Å². The molecule has 0 spiro atoms. The maximum absolute atomic E-state index is 13.2. The Morgan fingerprint density at radius 2 is 1.76 bits per heavy atom. The van der Waals surface area contributed by atoms with E-state index in [1.54, 1.807) is 29.4 Å². The first-order valence-electron chi connectivity index (χ1n) is 13.3. The van der Waals surface area contributed by atoms with Crippen molar-refractivity contribution < 1.29 is 45.8 Å². The molecule has 3 N–H and O–H groups in total. The quantitative estimate of drug-likeness (QED) is 0.250. The van der Waals surface area contributed by atoms with Crippen LogP contribution in [-0.4, -0.2) is 94.6 Å². The molecule has 0 radical (unpaired) electrons. The Kier molecular flexibility index (Phi) is 10.7. The van der Waals surface area contributed by atoms with Gasteiger partial charge in [0.2, 0.25) is 21.8 Å². The zero-order valence-corrected chi connectivity index (χ0v) is 24.8. The van der Waals surface area contributed by atoms with E-state index in [1.165, 1.54) is 6.20 Å². The van der Waals surface area contributed by atoms with Crippen molar-refractivity contribution >= 4 is 39.4 Å². The van der Waals surface area contributed by atoms with Crippen molar-refractivity contribution in [2.45, 2.75) is 42.5 Å². The van der Waals surface area contributed by atoms with Gasteiger partial charge in [0.05, 0.1) is 34.4 Å². The number of carboxylic acid groups (broad SMARTS) is 1. The van der Waals surface area contributed by atoms with Gasteiger partial charge in [0, 0.05) is 44.5 Å². The number of nitrogens with zero attached hydrogens (tertiary/aromatic N) is 5. The van der Waals surface area contributed by atoms with Crippen LogP contribution < -0.4 is 10.0 Å². The molecule has 1 fully saturated rings. The molecule has 2 aromatic heterocycles. The van der Waals surface area contributed by atoms with E-state index in [0.717, 1.165) is 22.4 Å². The lowest BCUT2D eigenvalue weighted by Crippen LogP contribution is -2.53. The lowest BCUT2D eigenvalue weighted by Gasteiger charge is -2.30. The molecule has 1 aliphatic heterocycles. The number of pyridine rings is 1. The first-order valence-corrected chi connectivity index (χ1v) is 15.1. The summed E-state index contributed by atoms with van der Waals surface area (Å²) >= 11 is 5.55. The Labute approximate surface area is 259 Å². The number of amides is 2. The SMILES string of the molecule is O=C(Cn1cc(C[C@H](NS(=O)(=O)c2ccc(Cl)c(C(F)(F)F)c2)C(=O)O)nn1)N[C@@H](Cc1ccncc1)C(=O)N1CCOCC1. The number of sulfonamides is 1. The minimum atomic E-state index is -4.95. The third kappa shape index (κ3) is 9.19. The van der Waals surface area contributed by atoms with E-state index in [2.05, 4.69) is 20.6 Å². The van der Waals surface area contributed by atoms with Crippen molar-refractivity contribution in [1.82, 2.24) is 34.9 Å². The second-order valence-electron chi connectivity index (χ2n) is 9.88. The monoisotopic (exact) mass is 673 g/mol. The molecule has 19 heteroatoms. The highest BCUT2D eigenvalue weighted by Crippen LogP contribution is 2.36. The molecule has 0 saturated carbocycles. The summed E-state index contributed by atoms with van der Waals surface area (Å²) in [4.78, 5) is 42.7. The van der Waals surface area contributed by atoms with Gasteiger partial charge in [-0.15, -0.1) is 5.10 Å². The van der Waals surface area contributed by atoms with E-state index in [-0.39, 0.29) is 18.0 Å². The summed E-state index contributed by atoms with van der Waals surface area (Å²) in [6, 6.07) is 2.49. The number of aliphatic carboxylic acids is 1. The third-order valence-corrected chi connectivity index (χ3v) is 8.40. The van der Waals surface area contributed by atoms with Gasteiger partial charge in [-0.3, -0.25) is 19.4 Å². The molecule has 1 aliphatic rings. The summed E-state index contributed by atoms with van der Waals surface area (Å²) in [7, 11) is -4.75. The second-order valence-corrected chi connectivity index (χ2v) is 12.0. The molecule has 2 atom stereocenters. The number of aromatic nitrogens is 4. The molecule has 14 nitrogen and oxygen atoms in total.